The highest BCUT2D eigenvalue weighted by molar-refractivity contribution is 5.60. The first-order chi connectivity index (χ1) is 7.59. The van der Waals surface area contributed by atoms with E-state index in [4.69, 9.17) is 9.47 Å². The molecule has 3 nitrogen and oxygen atoms in total. The van der Waals surface area contributed by atoms with Gasteiger partial charge in [0.15, 0.2) is 0 Å². The van der Waals surface area contributed by atoms with E-state index in [0.717, 1.165) is 5.56 Å². The number of hydrogen-bond donors (Lipinski definition) is 0. The van der Waals surface area contributed by atoms with Crippen LogP contribution >= 0.6 is 0 Å². The van der Waals surface area contributed by atoms with Crippen LogP contribution in [0.1, 0.15) is 26.3 Å². The van der Waals surface area contributed by atoms with Crippen molar-refractivity contribution in [2.24, 2.45) is 5.92 Å². The normalized spacial score (nSPS) is 12.2. The van der Waals surface area contributed by atoms with Gasteiger partial charge in [0, 0.05) is 0 Å². The molecule has 1 rings (SSSR count). The van der Waals surface area contributed by atoms with Crippen LogP contribution in [-0.4, -0.2) is 12.3 Å². The molecule has 1 aromatic carbocycles. The molecule has 1 unspecified atom stereocenters. The zero-order valence-corrected chi connectivity index (χ0v) is 9.97. The fourth-order valence-electron chi connectivity index (χ4n) is 1.04. The zero-order chi connectivity index (χ0) is 12.0. The van der Waals surface area contributed by atoms with Crippen molar-refractivity contribution >= 4 is 6.16 Å². The molecular weight excluding hydrogens is 204 g/mol. The topological polar surface area (TPSA) is 35.5 Å². The molecule has 0 radical (unpaired) electrons. The Kier molecular flexibility index (Phi) is 4.83. The highest BCUT2D eigenvalue weighted by atomic mass is 16.7. The van der Waals surface area contributed by atoms with Crippen LogP contribution in [-0.2, 0) is 16.1 Å². The second-order valence-electron chi connectivity index (χ2n) is 4.09. The Morgan fingerprint density at radius 2 is 1.81 bits per heavy atom. The first-order valence-corrected chi connectivity index (χ1v) is 5.47. The summed E-state index contributed by atoms with van der Waals surface area (Å²) in [6, 6.07) is 9.53. The standard InChI is InChI=1S/C13H18O3/c1-10(2)11(3)16-13(14)15-9-12-7-5-4-6-8-12/h4-8,10-11H,9H2,1-3H3. The van der Waals surface area contributed by atoms with Gasteiger partial charge in [0.05, 0.1) is 0 Å². The van der Waals surface area contributed by atoms with E-state index < -0.39 is 6.16 Å². The minimum Gasteiger partial charge on any atom is -0.431 e. The predicted molar refractivity (Wildman–Crippen MR) is 62.0 cm³/mol. The molecule has 0 aliphatic carbocycles. The van der Waals surface area contributed by atoms with Crippen LogP contribution in [0.2, 0.25) is 0 Å². The summed E-state index contributed by atoms with van der Waals surface area (Å²) in [6.45, 7) is 6.10. The van der Waals surface area contributed by atoms with Gasteiger partial charge < -0.3 is 9.47 Å². The van der Waals surface area contributed by atoms with Crippen molar-refractivity contribution in [2.75, 3.05) is 0 Å². The molecule has 0 heterocycles. The van der Waals surface area contributed by atoms with Crippen LogP contribution < -0.4 is 0 Å². The lowest BCUT2D eigenvalue weighted by molar-refractivity contribution is 0.0106. The molecular formula is C13H18O3. The van der Waals surface area contributed by atoms with Gasteiger partial charge in [-0.15, -0.1) is 0 Å². The van der Waals surface area contributed by atoms with Crippen LogP contribution in [0.4, 0.5) is 4.79 Å². The molecule has 88 valence electrons. The van der Waals surface area contributed by atoms with Gasteiger partial charge >= 0.3 is 6.16 Å². The van der Waals surface area contributed by atoms with Crippen molar-refractivity contribution in [1.82, 2.24) is 0 Å². The van der Waals surface area contributed by atoms with E-state index in [1.54, 1.807) is 0 Å². The molecule has 0 bridgehead atoms. The molecule has 0 saturated carbocycles. The molecule has 0 spiro atoms. The van der Waals surface area contributed by atoms with Crippen molar-refractivity contribution < 1.29 is 14.3 Å². The van der Waals surface area contributed by atoms with E-state index in [0.29, 0.717) is 5.92 Å². The van der Waals surface area contributed by atoms with Gasteiger partial charge in [-0.05, 0) is 18.4 Å². The van der Waals surface area contributed by atoms with E-state index in [-0.39, 0.29) is 12.7 Å². The molecule has 0 fully saturated rings. The predicted octanol–water partition coefficient (Wildman–Crippen LogP) is 3.38. The van der Waals surface area contributed by atoms with Crippen LogP contribution in [0.3, 0.4) is 0 Å². The van der Waals surface area contributed by atoms with Crippen molar-refractivity contribution in [3.63, 3.8) is 0 Å². The fourth-order valence-corrected chi connectivity index (χ4v) is 1.04. The van der Waals surface area contributed by atoms with E-state index in [1.807, 2.05) is 51.1 Å². The highest BCUT2D eigenvalue weighted by Crippen LogP contribution is 2.08. The molecule has 0 aliphatic rings. The van der Waals surface area contributed by atoms with Crippen LogP contribution in [0.25, 0.3) is 0 Å². The van der Waals surface area contributed by atoms with Gasteiger partial charge in [0.2, 0.25) is 0 Å². The van der Waals surface area contributed by atoms with Crippen molar-refractivity contribution in [2.45, 2.75) is 33.5 Å². The average molecular weight is 222 g/mol. The number of ether oxygens (including phenoxy) is 2. The maximum absolute atomic E-state index is 11.3. The Morgan fingerprint density at radius 3 is 2.38 bits per heavy atom. The number of carbonyl (C=O) groups excluding carboxylic acids is 1. The van der Waals surface area contributed by atoms with E-state index in [9.17, 15) is 4.79 Å². The molecule has 0 aromatic heterocycles. The first-order valence-electron chi connectivity index (χ1n) is 5.47. The summed E-state index contributed by atoms with van der Waals surface area (Å²) >= 11 is 0. The molecule has 0 aliphatic heterocycles. The Balaban J connectivity index is 2.31. The number of benzene rings is 1. The summed E-state index contributed by atoms with van der Waals surface area (Å²) in [5, 5.41) is 0. The minimum absolute atomic E-state index is 0.122. The van der Waals surface area contributed by atoms with Crippen molar-refractivity contribution in [3.05, 3.63) is 35.9 Å². The van der Waals surface area contributed by atoms with Gasteiger partial charge in [-0.1, -0.05) is 44.2 Å². The highest BCUT2D eigenvalue weighted by Gasteiger charge is 2.13. The molecule has 0 N–H and O–H groups in total. The number of carbonyl (C=O) groups is 1. The van der Waals surface area contributed by atoms with Gasteiger partial charge in [-0.2, -0.15) is 0 Å². The summed E-state index contributed by atoms with van der Waals surface area (Å²) in [4.78, 5) is 11.3. The third-order valence-corrected chi connectivity index (χ3v) is 2.42. The van der Waals surface area contributed by atoms with E-state index in [1.165, 1.54) is 0 Å². The molecule has 0 amide bonds. The summed E-state index contributed by atoms with van der Waals surface area (Å²) < 4.78 is 10.1. The summed E-state index contributed by atoms with van der Waals surface area (Å²) in [5.41, 5.74) is 0.955. The quantitative estimate of drug-likeness (QED) is 0.732. The molecule has 0 saturated heterocycles. The SMILES string of the molecule is CC(C)C(C)OC(=O)OCc1ccccc1. The smallest absolute Gasteiger partial charge is 0.431 e. The van der Waals surface area contributed by atoms with Gasteiger partial charge in [-0.25, -0.2) is 4.79 Å². The third-order valence-electron chi connectivity index (χ3n) is 2.42. The summed E-state index contributed by atoms with van der Waals surface area (Å²) in [6.07, 6.45) is -0.728. The second-order valence-corrected chi connectivity index (χ2v) is 4.09. The zero-order valence-electron chi connectivity index (χ0n) is 9.97. The van der Waals surface area contributed by atoms with Crippen molar-refractivity contribution in [1.29, 1.82) is 0 Å². The largest absolute Gasteiger partial charge is 0.508 e. The van der Waals surface area contributed by atoms with E-state index in [2.05, 4.69) is 0 Å². The van der Waals surface area contributed by atoms with Gasteiger partial charge in [-0.3, -0.25) is 0 Å². The minimum atomic E-state index is -0.606. The third kappa shape index (κ3) is 4.34. The lowest BCUT2D eigenvalue weighted by Gasteiger charge is -2.16. The van der Waals surface area contributed by atoms with Crippen LogP contribution in [0, 0.1) is 5.92 Å². The second kappa shape index (κ2) is 6.16. The van der Waals surface area contributed by atoms with Crippen LogP contribution in [0.5, 0.6) is 0 Å². The Hall–Kier alpha value is -1.51. The van der Waals surface area contributed by atoms with Crippen molar-refractivity contribution in [3.8, 4) is 0 Å². The summed E-state index contributed by atoms with van der Waals surface area (Å²) in [5.74, 6) is 0.296. The monoisotopic (exact) mass is 222 g/mol. The van der Waals surface area contributed by atoms with E-state index >= 15 is 0 Å². The molecule has 16 heavy (non-hydrogen) atoms. The Bertz CT molecular complexity index is 319. The van der Waals surface area contributed by atoms with Gasteiger partial charge in [0.25, 0.3) is 0 Å². The molecule has 3 heteroatoms. The van der Waals surface area contributed by atoms with Gasteiger partial charge in [0.1, 0.15) is 12.7 Å². The summed E-state index contributed by atoms with van der Waals surface area (Å²) in [7, 11) is 0. The lowest BCUT2D eigenvalue weighted by Crippen LogP contribution is -2.20. The molecule has 1 atom stereocenters. The number of rotatable bonds is 4. The van der Waals surface area contributed by atoms with Crippen LogP contribution in [0.15, 0.2) is 30.3 Å². The average Bonchev–Trinajstić information content (AvgIpc) is 2.27. The Morgan fingerprint density at radius 1 is 1.19 bits per heavy atom. The maximum Gasteiger partial charge on any atom is 0.508 e. The fraction of sp³-hybridized carbons (Fsp3) is 0.462. The maximum atomic E-state index is 11.3. The number of hydrogen-bond acceptors (Lipinski definition) is 3. The first kappa shape index (κ1) is 12.6. The molecule has 1 aromatic rings. The lowest BCUT2D eigenvalue weighted by atomic mass is 10.1. The Labute approximate surface area is 96.4 Å².